The zero-order chi connectivity index (χ0) is 41.7. The summed E-state index contributed by atoms with van der Waals surface area (Å²) < 4.78 is 91.1. The molecule has 7 atom stereocenters. The highest BCUT2D eigenvalue weighted by atomic mass is 32.2. The maximum absolute atomic E-state index is 14.6. The van der Waals surface area contributed by atoms with Gasteiger partial charge in [0.1, 0.15) is 29.5 Å². The quantitative estimate of drug-likeness (QED) is 0.326. The minimum absolute atomic E-state index is 0.0732. The number of methoxy groups -OCH3 is 1. The molecule has 4 amide bonds. The second kappa shape index (κ2) is 15.3. The first kappa shape index (κ1) is 42.0. The fourth-order valence-electron chi connectivity index (χ4n) is 7.11. The molecule has 1 saturated heterocycles. The van der Waals surface area contributed by atoms with Crippen LogP contribution in [-0.4, -0.2) is 108 Å². The molecule has 0 unspecified atom stereocenters. The second-order valence-corrected chi connectivity index (χ2v) is 18.2. The van der Waals surface area contributed by atoms with Crippen molar-refractivity contribution in [3.05, 3.63) is 42.6 Å². The number of hydrogen-bond donors (Lipinski definition) is 3. The average Bonchev–Trinajstić information content (AvgIpc) is 4.01. The largest absolute Gasteiger partial charge is 0.494 e. The molecular formula is C38H48F3N5O10S. The molecule has 1 aromatic heterocycles. The van der Waals surface area contributed by atoms with Crippen LogP contribution in [-0.2, 0) is 33.9 Å². The first-order chi connectivity index (χ1) is 26.6. The van der Waals surface area contributed by atoms with Crippen LogP contribution in [0.3, 0.4) is 0 Å². The van der Waals surface area contributed by atoms with E-state index in [1.54, 1.807) is 43.3 Å². The third-order valence-electron chi connectivity index (χ3n) is 11.3. The number of sulfonamides is 1. The van der Waals surface area contributed by atoms with Crippen molar-refractivity contribution < 1.29 is 59.7 Å². The molecule has 6 rings (SSSR count). The number of carbonyl (C=O) groups excluding carboxylic acids is 4. The Balaban J connectivity index is 1.36. The van der Waals surface area contributed by atoms with Crippen LogP contribution in [0.1, 0.15) is 73.1 Å². The summed E-state index contributed by atoms with van der Waals surface area (Å²) in [6, 6.07) is 4.07. The molecule has 0 radical (unpaired) electrons. The number of alkyl carbamates (subject to hydrolysis) is 1. The Morgan fingerprint density at radius 1 is 1.11 bits per heavy atom. The van der Waals surface area contributed by atoms with E-state index in [9.17, 15) is 40.8 Å². The number of nitrogens with one attached hydrogen (secondary N) is 3. The van der Waals surface area contributed by atoms with Crippen LogP contribution in [0, 0.1) is 5.92 Å². The summed E-state index contributed by atoms with van der Waals surface area (Å²) in [4.78, 5) is 61.5. The van der Waals surface area contributed by atoms with Crippen LogP contribution in [0.5, 0.6) is 11.6 Å². The van der Waals surface area contributed by atoms with Crippen molar-refractivity contribution in [1.29, 1.82) is 0 Å². The molecule has 2 saturated carbocycles. The predicted molar refractivity (Wildman–Crippen MR) is 198 cm³/mol. The molecule has 3 N–H and O–H groups in total. The molecule has 312 valence electrons. The minimum Gasteiger partial charge on any atom is -0.494 e. The van der Waals surface area contributed by atoms with Gasteiger partial charge in [0.15, 0.2) is 0 Å². The summed E-state index contributed by atoms with van der Waals surface area (Å²) in [5, 5.41) is 6.25. The maximum Gasteiger partial charge on any atom is 0.427 e. The monoisotopic (exact) mass is 823 g/mol. The van der Waals surface area contributed by atoms with Gasteiger partial charge in [0.05, 0.1) is 36.8 Å². The Hall–Kier alpha value is -4.65. The second-order valence-electron chi connectivity index (χ2n) is 16.0. The van der Waals surface area contributed by atoms with Crippen molar-refractivity contribution in [3.8, 4) is 11.6 Å². The first-order valence-corrected chi connectivity index (χ1v) is 20.3. The summed E-state index contributed by atoms with van der Waals surface area (Å²) in [7, 11) is -2.60. The number of ether oxygens (including phenoxy) is 4. The van der Waals surface area contributed by atoms with E-state index in [1.165, 1.54) is 27.2 Å². The highest BCUT2D eigenvalue weighted by Crippen LogP contribution is 2.47. The molecular weight excluding hydrogens is 776 g/mol. The van der Waals surface area contributed by atoms with Gasteiger partial charge in [-0.1, -0.05) is 30.4 Å². The normalized spacial score (nSPS) is 29.7. The van der Waals surface area contributed by atoms with Crippen LogP contribution in [0.2, 0.25) is 0 Å². The number of fused-ring (bicyclic) bond motifs is 3. The first-order valence-electron chi connectivity index (χ1n) is 18.8. The summed E-state index contributed by atoms with van der Waals surface area (Å²) in [6.07, 6.45) is -2.65. The molecule has 19 heteroatoms. The van der Waals surface area contributed by atoms with Gasteiger partial charge in [-0.3, -0.25) is 19.1 Å². The van der Waals surface area contributed by atoms with E-state index in [-0.39, 0.29) is 25.3 Å². The molecule has 1 aromatic carbocycles. The van der Waals surface area contributed by atoms with Crippen molar-refractivity contribution in [2.45, 2.75) is 126 Å². The molecule has 15 nitrogen and oxygen atoms in total. The van der Waals surface area contributed by atoms with E-state index < -0.39 is 92.2 Å². The molecule has 0 bridgehead atoms. The van der Waals surface area contributed by atoms with Gasteiger partial charge in [-0.25, -0.2) is 18.2 Å². The molecule has 2 aliphatic carbocycles. The molecule has 3 heterocycles. The molecule has 2 aromatic rings. The van der Waals surface area contributed by atoms with Gasteiger partial charge in [0.25, 0.3) is 5.91 Å². The average molecular weight is 824 g/mol. The summed E-state index contributed by atoms with van der Waals surface area (Å²) >= 11 is 0. The zero-order valence-corrected chi connectivity index (χ0v) is 33.3. The Kier molecular flexibility index (Phi) is 11.2. The number of halogens is 3. The standard InChI is InChI=1S/C38H48F3N5O10S/c1-21-11-7-8-12-23-18-37(23,33(49)45-57(51,52)36(5)15-16-36)44-30(47)27-17-24(55-31-26-14-10-9-13-25(26)28(53-6)19-42-31)20-46(27)32(48)29(22(2)54-21)43-34(50)56-35(3,4)38(39,40)41/h8-10,12-14,19,21-24,27,29H,7,11,15-18,20H2,1-6H3,(H,43,50)(H,44,47)(H,45,49)/b12-8-/t21-,22-,23+,24+,27-,29-,37+/m0/s1. The van der Waals surface area contributed by atoms with Crippen LogP contribution in [0.4, 0.5) is 18.0 Å². The van der Waals surface area contributed by atoms with E-state index >= 15 is 0 Å². The van der Waals surface area contributed by atoms with E-state index in [4.69, 9.17) is 18.9 Å². The lowest BCUT2D eigenvalue weighted by Gasteiger charge is -2.34. The Labute approximate surface area is 328 Å². The van der Waals surface area contributed by atoms with Crippen molar-refractivity contribution >= 4 is 44.6 Å². The molecule has 4 aliphatic rings. The molecule has 0 spiro atoms. The SMILES string of the molecule is COc1cnc(O[C@@H]2C[C@H]3C(=O)N[C@]4(C(=O)NS(=O)(=O)C5(C)CC5)C[C@H]4/C=C\CC[C@H](C)O[C@@H](C)[C@H](NC(=O)OC(C)(C)C(F)(F)F)C(=O)N3C2)c2ccccc12. The van der Waals surface area contributed by atoms with E-state index in [2.05, 4.69) is 20.3 Å². The number of rotatable bonds is 8. The Morgan fingerprint density at radius 2 is 1.79 bits per heavy atom. The van der Waals surface area contributed by atoms with E-state index in [0.717, 1.165) is 4.90 Å². The Bertz CT molecular complexity index is 2060. The van der Waals surface area contributed by atoms with Crippen molar-refractivity contribution in [2.24, 2.45) is 5.92 Å². The number of benzene rings is 1. The number of amides is 4. The van der Waals surface area contributed by atoms with Crippen molar-refractivity contribution in [3.63, 3.8) is 0 Å². The number of alkyl halides is 3. The topological polar surface area (TPSA) is 192 Å². The molecule has 57 heavy (non-hydrogen) atoms. The fraction of sp³-hybridized carbons (Fsp3) is 0.605. The van der Waals surface area contributed by atoms with Gasteiger partial charge >= 0.3 is 12.3 Å². The number of hydrogen-bond acceptors (Lipinski definition) is 11. The minimum atomic E-state index is -4.94. The fourth-order valence-corrected chi connectivity index (χ4v) is 8.42. The Morgan fingerprint density at radius 3 is 2.44 bits per heavy atom. The van der Waals surface area contributed by atoms with Crippen LogP contribution in [0.15, 0.2) is 42.6 Å². The molecule has 3 fully saturated rings. The van der Waals surface area contributed by atoms with Crippen LogP contribution >= 0.6 is 0 Å². The number of aromatic nitrogens is 1. The highest BCUT2D eigenvalue weighted by molar-refractivity contribution is 7.91. The maximum atomic E-state index is 14.6. The number of nitrogens with zero attached hydrogens (tertiary/aromatic N) is 2. The van der Waals surface area contributed by atoms with Gasteiger partial charge in [-0.2, -0.15) is 13.2 Å². The lowest BCUT2D eigenvalue weighted by Crippen LogP contribution is -2.60. The number of pyridine rings is 1. The van der Waals surface area contributed by atoms with Crippen LogP contribution < -0.4 is 24.8 Å². The number of allylic oxidation sites excluding steroid dienone is 1. The van der Waals surface area contributed by atoms with Gasteiger partial charge in [0, 0.05) is 23.1 Å². The van der Waals surface area contributed by atoms with Crippen molar-refractivity contribution in [2.75, 3.05) is 13.7 Å². The van der Waals surface area contributed by atoms with Gasteiger partial charge < -0.3 is 34.5 Å². The van der Waals surface area contributed by atoms with Crippen LogP contribution in [0.25, 0.3) is 10.8 Å². The highest BCUT2D eigenvalue weighted by Gasteiger charge is 2.63. The van der Waals surface area contributed by atoms with Crippen molar-refractivity contribution in [1.82, 2.24) is 25.2 Å². The third-order valence-corrected chi connectivity index (χ3v) is 13.4. The van der Waals surface area contributed by atoms with Gasteiger partial charge in [0.2, 0.25) is 33.3 Å². The van der Waals surface area contributed by atoms with E-state index in [0.29, 0.717) is 56.1 Å². The van der Waals surface area contributed by atoms with E-state index in [1.807, 2.05) is 0 Å². The lowest BCUT2D eigenvalue weighted by molar-refractivity contribution is -0.244. The third kappa shape index (κ3) is 8.49. The summed E-state index contributed by atoms with van der Waals surface area (Å²) in [5.41, 5.74) is -4.60. The molecule has 2 aliphatic heterocycles. The zero-order valence-electron chi connectivity index (χ0n) is 32.5. The predicted octanol–water partition coefficient (Wildman–Crippen LogP) is 4.04. The summed E-state index contributed by atoms with van der Waals surface area (Å²) in [5.74, 6) is -2.60. The smallest absolute Gasteiger partial charge is 0.427 e. The van der Waals surface area contributed by atoms with Gasteiger partial charge in [-0.05, 0) is 72.8 Å². The number of carbonyl (C=O) groups is 4. The lowest BCUT2D eigenvalue weighted by atomic mass is 10.1. The van der Waals surface area contributed by atoms with Gasteiger partial charge in [-0.15, -0.1) is 0 Å². The summed E-state index contributed by atoms with van der Waals surface area (Å²) in [6.45, 7) is 5.76.